The van der Waals surface area contributed by atoms with Crippen molar-refractivity contribution in [2.45, 2.75) is 18.6 Å². The van der Waals surface area contributed by atoms with E-state index < -0.39 is 17.6 Å². The van der Waals surface area contributed by atoms with Gasteiger partial charge in [-0.2, -0.15) is 13.2 Å². The Morgan fingerprint density at radius 2 is 2.05 bits per heavy atom. The van der Waals surface area contributed by atoms with Gasteiger partial charge in [-0.25, -0.2) is 0 Å². The Morgan fingerprint density at radius 3 is 2.63 bits per heavy atom. The van der Waals surface area contributed by atoms with Gasteiger partial charge in [0.05, 0.1) is 11.1 Å². The normalized spacial score (nSPS) is 19.5. The average Bonchev–Trinajstić information content (AvgIpc) is 2.90. The first-order valence-corrected chi connectivity index (χ1v) is 6.05. The number of likely N-dealkylation sites (N-methyl/N-ethyl adjacent to an activating group) is 1. The second-order valence-electron chi connectivity index (χ2n) is 4.61. The molecule has 1 N–H and O–H groups in total. The van der Waals surface area contributed by atoms with Crippen molar-refractivity contribution in [2.75, 3.05) is 20.1 Å². The minimum absolute atomic E-state index is 0.0474. The van der Waals surface area contributed by atoms with Crippen LogP contribution in [0.5, 0.6) is 0 Å². The molecular weight excluding hydrogens is 257 g/mol. The van der Waals surface area contributed by atoms with Crippen molar-refractivity contribution < 1.29 is 18.0 Å². The first-order chi connectivity index (χ1) is 8.91. The standard InChI is InChI=1S/C13H15F3N2O/c1-18(9-6-7-17-8-9)12(19)10-4-2-3-5-11(10)13(14,15)16/h2-5,9,17H,6-8H2,1H3. The number of hydrogen-bond donors (Lipinski definition) is 1. The van der Waals surface area contributed by atoms with E-state index in [1.54, 1.807) is 7.05 Å². The predicted molar refractivity (Wildman–Crippen MR) is 64.8 cm³/mol. The van der Waals surface area contributed by atoms with Gasteiger partial charge in [-0.05, 0) is 25.1 Å². The van der Waals surface area contributed by atoms with E-state index in [0.29, 0.717) is 6.54 Å². The lowest BCUT2D eigenvalue weighted by molar-refractivity contribution is -0.138. The Bertz CT molecular complexity index is 467. The zero-order valence-corrected chi connectivity index (χ0v) is 10.5. The molecule has 1 aliphatic heterocycles. The Kier molecular flexibility index (Phi) is 3.80. The van der Waals surface area contributed by atoms with Crippen molar-refractivity contribution in [1.82, 2.24) is 10.2 Å². The van der Waals surface area contributed by atoms with Gasteiger partial charge in [0, 0.05) is 19.6 Å². The molecule has 19 heavy (non-hydrogen) atoms. The molecule has 1 fully saturated rings. The minimum atomic E-state index is -4.51. The monoisotopic (exact) mass is 272 g/mol. The van der Waals surface area contributed by atoms with Gasteiger partial charge in [0.15, 0.2) is 0 Å². The van der Waals surface area contributed by atoms with Crippen LogP contribution in [0.3, 0.4) is 0 Å². The largest absolute Gasteiger partial charge is 0.417 e. The van der Waals surface area contributed by atoms with E-state index in [9.17, 15) is 18.0 Å². The highest BCUT2D eigenvalue weighted by atomic mass is 19.4. The second kappa shape index (κ2) is 5.21. The lowest BCUT2D eigenvalue weighted by atomic mass is 10.0. The first kappa shape index (κ1) is 13.9. The summed E-state index contributed by atoms with van der Waals surface area (Å²) in [7, 11) is 1.55. The number of alkyl halides is 3. The van der Waals surface area contributed by atoms with Gasteiger partial charge in [0.1, 0.15) is 0 Å². The summed E-state index contributed by atoms with van der Waals surface area (Å²) in [6, 6.07) is 4.85. The van der Waals surface area contributed by atoms with Gasteiger partial charge in [-0.15, -0.1) is 0 Å². The van der Waals surface area contributed by atoms with E-state index in [-0.39, 0.29) is 11.6 Å². The first-order valence-electron chi connectivity index (χ1n) is 6.05. The zero-order chi connectivity index (χ0) is 14.0. The SMILES string of the molecule is CN(C(=O)c1ccccc1C(F)(F)F)C1CCNC1. The van der Waals surface area contributed by atoms with Crippen LogP contribution in [-0.4, -0.2) is 37.0 Å². The molecular formula is C13H15F3N2O. The van der Waals surface area contributed by atoms with Gasteiger partial charge in [0.2, 0.25) is 0 Å². The molecule has 0 aliphatic carbocycles. The molecule has 0 radical (unpaired) electrons. The lowest BCUT2D eigenvalue weighted by Gasteiger charge is -2.25. The van der Waals surface area contributed by atoms with E-state index in [2.05, 4.69) is 5.32 Å². The maximum absolute atomic E-state index is 12.9. The molecule has 1 aromatic carbocycles. The van der Waals surface area contributed by atoms with Gasteiger partial charge >= 0.3 is 6.18 Å². The van der Waals surface area contributed by atoms with Gasteiger partial charge in [0.25, 0.3) is 5.91 Å². The molecule has 104 valence electrons. The van der Waals surface area contributed by atoms with Crippen molar-refractivity contribution in [1.29, 1.82) is 0 Å². The molecule has 2 rings (SSSR count). The van der Waals surface area contributed by atoms with Crippen molar-refractivity contribution in [3.05, 3.63) is 35.4 Å². The van der Waals surface area contributed by atoms with Crippen LogP contribution in [0.15, 0.2) is 24.3 Å². The fourth-order valence-corrected chi connectivity index (χ4v) is 2.24. The summed E-state index contributed by atoms with van der Waals surface area (Å²) in [5.41, 5.74) is -1.16. The van der Waals surface area contributed by atoms with Crippen molar-refractivity contribution in [2.24, 2.45) is 0 Å². The molecule has 1 heterocycles. The van der Waals surface area contributed by atoms with Crippen molar-refractivity contribution in [3.8, 4) is 0 Å². The van der Waals surface area contributed by atoms with Gasteiger partial charge in [-0.1, -0.05) is 12.1 Å². The summed E-state index contributed by atoms with van der Waals surface area (Å²) < 4.78 is 38.6. The molecule has 1 amide bonds. The molecule has 0 saturated carbocycles. The van der Waals surface area contributed by atoms with E-state index in [4.69, 9.17) is 0 Å². The number of hydrogen-bond acceptors (Lipinski definition) is 2. The highest BCUT2D eigenvalue weighted by Crippen LogP contribution is 2.32. The molecule has 6 heteroatoms. The minimum Gasteiger partial charge on any atom is -0.337 e. The number of halogens is 3. The van der Waals surface area contributed by atoms with Crippen LogP contribution in [0.4, 0.5) is 13.2 Å². The summed E-state index contributed by atoms with van der Waals surface area (Å²) in [6.07, 6.45) is -3.75. The quantitative estimate of drug-likeness (QED) is 0.894. The summed E-state index contributed by atoms with van der Waals surface area (Å²) in [5.74, 6) is -0.582. The maximum Gasteiger partial charge on any atom is 0.417 e. The molecule has 1 atom stereocenters. The van der Waals surface area contributed by atoms with Gasteiger partial charge in [-0.3, -0.25) is 4.79 Å². The summed E-state index contributed by atoms with van der Waals surface area (Å²) in [4.78, 5) is 13.6. The number of nitrogens with one attached hydrogen (secondary N) is 1. The van der Waals surface area contributed by atoms with Crippen LogP contribution in [0.25, 0.3) is 0 Å². The van der Waals surface area contributed by atoms with Crippen LogP contribution < -0.4 is 5.32 Å². The maximum atomic E-state index is 12.9. The highest BCUT2D eigenvalue weighted by molar-refractivity contribution is 5.96. The Balaban J connectivity index is 2.28. The third-order valence-corrected chi connectivity index (χ3v) is 3.37. The Labute approximate surface area is 109 Å². The highest BCUT2D eigenvalue weighted by Gasteiger charge is 2.36. The van der Waals surface area contributed by atoms with Crippen molar-refractivity contribution in [3.63, 3.8) is 0 Å². The topological polar surface area (TPSA) is 32.3 Å². The number of carbonyl (C=O) groups excluding carboxylic acids is 1. The zero-order valence-electron chi connectivity index (χ0n) is 10.5. The van der Waals surface area contributed by atoms with Crippen LogP contribution in [-0.2, 0) is 6.18 Å². The number of amides is 1. The molecule has 1 aromatic rings. The molecule has 3 nitrogen and oxygen atoms in total. The molecule has 1 aliphatic rings. The molecule has 0 bridgehead atoms. The van der Waals surface area contributed by atoms with Crippen LogP contribution in [0.2, 0.25) is 0 Å². The Hall–Kier alpha value is -1.56. The van der Waals surface area contributed by atoms with Crippen LogP contribution >= 0.6 is 0 Å². The average molecular weight is 272 g/mol. The third kappa shape index (κ3) is 2.89. The molecule has 0 spiro atoms. The number of rotatable bonds is 2. The third-order valence-electron chi connectivity index (χ3n) is 3.37. The smallest absolute Gasteiger partial charge is 0.337 e. The fourth-order valence-electron chi connectivity index (χ4n) is 2.24. The van der Waals surface area contributed by atoms with Crippen LogP contribution in [0, 0.1) is 0 Å². The predicted octanol–water partition coefficient (Wildman–Crippen LogP) is 2.14. The fraction of sp³-hybridized carbons (Fsp3) is 0.462. The number of carbonyl (C=O) groups is 1. The second-order valence-corrected chi connectivity index (χ2v) is 4.61. The molecule has 0 aromatic heterocycles. The van der Waals surface area contributed by atoms with E-state index >= 15 is 0 Å². The molecule has 1 saturated heterocycles. The van der Waals surface area contributed by atoms with Gasteiger partial charge < -0.3 is 10.2 Å². The number of nitrogens with zero attached hydrogens (tertiary/aromatic N) is 1. The molecule has 1 unspecified atom stereocenters. The summed E-state index contributed by atoms with van der Waals surface area (Å²) >= 11 is 0. The summed E-state index contributed by atoms with van der Waals surface area (Å²) in [5, 5.41) is 3.09. The van der Waals surface area contributed by atoms with Crippen LogP contribution in [0.1, 0.15) is 22.3 Å². The Morgan fingerprint density at radius 1 is 1.37 bits per heavy atom. The van der Waals surface area contributed by atoms with Crippen molar-refractivity contribution >= 4 is 5.91 Å². The number of benzene rings is 1. The van der Waals surface area contributed by atoms with E-state index in [1.165, 1.54) is 23.1 Å². The summed E-state index contributed by atoms with van der Waals surface area (Å²) in [6.45, 7) is 1.40. The van der Waals surface area contributed by atoms with E-state index in [0.717, 1.165) is 19.0 Å². The van der Waals surface area contributed by atoms with E-state index in [1.807, 2.05) is 0 Å². The lowest BCUT2D eigenvalue weighted by Crippen LogP contribution is -2.39.